The monoisotopic (exact) mass is 246 g/mol. The van der Waals surface area contributed by atoms with Crippen molar-refractivity contribution in [1.29, 1.82) is 0 Å². The second kappa shape index (κ2) is 6.66. The Morgan fingerprint density at radius 3 is 2.83 bits per heavy atom. The van der Waals surface area contributed by atoms with E-state index >= 15 is 0 Å². The summed E-state index contributed by atoms with van der Waals surface area (Å²) in [5, 5.41) is 1.78. The molecular weight excluding hydrogens is 224 g/mol. The van der Waals surface area contributed by atoms with Crippen molar-refractivity contribution in [1.82, 2.24) is 5.01 Å². The zero-order valence-corrected chi connectivity index (χ0v) is 10.8. The number of hydrazine groups is 1. The molecule has 3 heteroatoms. The number of Topliss-reactive ketones (excluding diaryl/α,β-unsaturated/α-hetero) is 1. The van der Waals surface area contributed by atoms with Crippen LogP contribution in [0.5, 0.6) is 0 Å². The Balaban J connectivity index is 1.71. The smallest absolute Gasteiger partial charge is 0.137 e. The SMILES string of the molecule is NN1CCCC(C(=O)CCCc2ccccc2)C1. The van der Waals surface area contributed by atoms with Crippen molar-refractivity contribution in [3.63, 3.8) is 0 Å². The van der Waals surface area contributed by atoms with E-state index in [1.807, 2.05) is 18.2 Å². The standard InChI is InChI=1S/C15H22N2O/c16-17-11-5-9-14(12-17)15(18)10-4-8-13-6-2-1-3-7-13/h1-3,6-7,14H,4-5,8-12,16H2. The number of aryl methyl sites for hydroxylation is 1. The Kier molecular flexibility index (Phi) is 4.90. The lowest BCUT2D eigenvalue weighted by atomic mass is 9.91. The number of carbonyl (C=O) groups is 1. The molecule has 0 aromatic heterocycles. The molecule has 98 valence electrons. The number of nitrogens with zero attached hydrogens (tertiary/aromatic N) is 1. The predicted molar refractivity (Wildman–Crippen MR) is 72.9 cm³/mol. The summed E-state index contributed by atoms with van der Waals surface area (Å²) in [6.07, 6.45) is 4.69. The molecule has 2 rings (SSSR count). The number of carbonyl (C=O) groups excluding carboxylic acids is 1. The minimum Gasteiger partial charge on any atom is -0.299 e. The number of nitrogens with two attached hydrogens (primary N) is 1. The van der Waals surface area contributed by atoms with Crippen molar-refractivity contribution in [2.75, 3.05) is 13.1 Å². The molecule has 1 saturated heterocycles. The second-order valence-electron chi connectivity index (χ2n) is 5.14. The van der Waals surface area contributed by atoms with Gasteiger partial charge in [-0.15, -0.1) is 0 Å². The van der Waals surface area contributed by atoms with Gasteiger partial charge in [-0.05, 0) is 31.2 Å². The molecule has 0 aliphatic carbocycles. The van der Waals surface area contributed by atoms with Crippen LogP contribution in [0.2, 0.25) is 0 Å². The van der Waals surface area contributed by atoms with Gasteiger partial charge in [0.2, 0.25) is 0 Å². The summed E-state index contributed by atoms with van der Waals surface area (Å²) in [4.78, 5) is 12.1. The molecule has 1 aliphatic rings. The molecule has 18 heavy (non-hydrogen) atoms. The van der Waals surface area contributed by atoms with E-state index < -0.39 is 0 Å². The van der Waals surface area contributed by atoms with Gasteiger partial charge in [-0.3, -0.25) is 10.6 Å². The summed E-state index contributed by atoms with van der Waals surface area (Å²) in [5.41, 5.74) is 1.31. The first-order valence-corrected chi connectivity index (χ1v) is 6.82. The third-order valence-corrected chi connectivity index (χ3v) is 3.64. The van der Waals surface area contributed by atoms with E-state index in [-0.39, 0.29) is 5.92 Å². The molecule has 1 aromatic carbocycles. The average Bonchev–Trinajstić information content (AvgIpc) is 2.40. The van der Waals surface area contributed by atoms with Crippen molar-refractivity contribution in [2.45, 2.75) is 32.1 Å². The van der Waals surface area contributed by atoms with Crippen LogP contribution in [0.4, 0.5) is 0 Å². The minimum atomic E-state index is 0.166. The zero-order valence-electron chi connectivity index (χ0n) is 10.8. The van der Waals surface area contributed by atoms with Crippen molar-refractivity contribution in [3.8, 4) is 0 Å². The Hall–Kier alpha value is -1.19. The van der Waals surface area contributed by atoms with Crippen molar-refractivity contribution < 1.29 is 4.79 Å². The molecule has 3 nitrogen and oxygen atoms in total. The summed E-state index contributed by atoms with van der Waals surface area (Å²) in [7, 11) is 0. The van der Waals surface area contributed by atoms with E-state index in [0.29, 0.717) is 12.2 Å². The Bertz CT molecular complexity index is 377. The number of benzene rings is 1. The summed E-state index contributed by atoms with van der Waals surface area (Å²) >= 11 is 0. The fourth-order valence-corrected chi connectivity index (χ4v) is 2.58. The summed E-state index contributed by atoms with van der Waals surface area (Å²) in [5.74, 6) is 6.32. The molecule has 0 saturated carbocycles. The van der Waals surface area contributed by atoms with Gasteiger partial charge in [0.1, 0.15) is 5.78 Å². The zero-order chi connectivity index (χ0) is 12.8. The van der Waals surface area contributed by atoms with Crippen molar-refractivity contribution in [3.05, 3.63) is 35.9 Å². The highest BCUT2D eigenvalue weighted by atomic mass is 16.1. The Morgan fingerprint density at radius 1 is 1.33 bits per heavy atom. The van der Waals surface area contributed by atoms with Crippen LogP contribution in [0.15, 0.2) is 30.3 Å². The highest BCUT2D eigenvalue weighted by molar-refractivity contribution is 5.81. The molecular formula is C15H22N2O. The number of ketones is 1. The fraction of sp³-hybridized carbons (Fsp3) is 0.533. The fourth-order valence-electron chi connectivity index (χ4n) is 2.58. The Labute approximate surface area is 109 Å². The van der Waals surface area contributed by atoms with Crippen molar-refractivity contribution in [2.24, 2.45) is 11.8 Å². The normalized spacial score (nSPS) is 20.8. The topological polar surface area (TPSA) is 46.3 Å². The molecule has 1 fully saturated rings. The van der Waals surface area contributed by atoms with E-state index in [2.05, 4.69) is 12.1 Å². The molecule has 2 N–H and O–H groups in total. The molecule has 0 amide bonds. The second-order valence-corrected chi connectivity index (χ2v) is 5.14. The van der Waals surface area contributed by atoms with Crippen LogP contribution < -0.4 is 5.84 Å². The van der Waals surface area contributed by atoms with Gasteiger partial charge in [-0.2, -0.15) is 0 Å². The molecule has 1 unspecified atom stereocenters. The maximum absolute atomic E-state index is 12.1. The molecule has 1 atom stereocenters. The van der Waals surface area contributed by atoms with Gasteiger partial charge in [0.25, 0.3) is 0 Å². The van der Waals surface area contributed by atoms with Crippen LogP contribution in [-0.2, 0) is 11.2 Å². The van der Waals surface area contributed by atoms with Crippen LogP contribution in [-0.4, -0.2) is 23.9 Å². The number of rotatable bonds is 5. The van der Waals surface area contributed by atoms with Gasteiger partial charge >= 0.3 is 0 Å². The first-order chi connectivity index (χ1) is 8.75. The lowest BCUT2D eigenvalue weighted by Gasteiger charge is -2.28. The van der Waals surface area contributed by atoms with E-state index in [4.69, 9.17) is 5.84 Å². The number of hydrogen-bond acceptors (Lipinski definition) is 3. The minimum absolute atomic E-state index is 0.166. The maximum atomic E-state index is 12.1. The van der Waals surface area contributed by atoms with Crippen LogP contribution in [0.1, 0.15) is 31.2 Å². The Morgan fingerprint density at radius 2 is 2.11 bits per heavy atom. The molecule has 1 aromatic rings. The third-order valence-electron chi connectivity index (χ3n) is 3.64. The van der Waals surface area contributed by atoms with Crippen LogP contribution >= 0.6 is 0 Å². The molecule has 0 bridgehead atoms. The third kappa shape index (κ3) is 3.93. The lowest BCUT2D eigenvalue weighted by molar-refractivity contribution is -0.124. The first-order valence-electron chi connectivity index (χ1n) is 6.82. The van der Waals surface area contributed by atoms with Gasteiger partial charge in [0.05, 0.1) is 0 Å². The van der Waals surface area contributed by atoms with Crippen molar-refractivity contribution >= 4 is 5.78 Å². The first kappa shape index (κ1) is 13.2. The van der Waals surface area contributed by atoms with Gasteiger partial charge in [0.15, 0.2) is 0 Å². The molecule has 1 aliphatic heterocycles. The average molecular weight is 246 g/mol. The van der Waals surface area contributed by atoms with E-state index in [0.717, 1.165) is 38.8 Å². The van der Waals surface area contributed by atoms with Gasteiger partial charge in [0, 0.05) is 25.4 Å². The van der Waals surface area contributed by atoms with Crippen LogP contribution in [0, 0.1) is 5.92 Å². The summed E-state index contributed by atoms with van der Waals surface area (Å²) < 4.78 is 0. The lowest BCUT2D eigenvalue weighted by Crippen LogP contribution is -2.42. The summed E-state index contributed by atoms with van der Waals surface area (Å²) in [6.45, 7) is 1.66. The van der Waals surface area contributed by atoms with E-state index in [1.165, 1.54) is 5.56 Å². The highest BCUT2D eigenvalue weighted by Crippen LogP contribution is 2.17. The van der Waals surface area contributed by atoms with Crippen LogP contribution in [0.25, 0.3) is 0 Å². The van der Waals surface area contributed by atoms with E-state index in [1.54, 1.807) is 5.01 Å². The highest BCUT2D eigenvalue weighted by Gasteiger charge is 2.23. The predicted octanol–water partition coefficient (Wildman–Crippen LogP) is 2.16. The number of hydrogen-bond donors (Lipinski definition) is 1. The molecule has 0 radical (unpaired) electrons. The van der Waals surface area contributed by atoms with Gasteiger partial charge in [-0.1, -0.05) is 30.3 Å². The quantitative estimate of drug-likeness (QED) is 0.810. The summed E-state index contributed by atoms with van der Waals surface area (Å²) in [6, 6.07) is 10.3. The number of piperidine rings is 1. The largest absolute Gasteiger partial charge is 0.299 e. The molecule has 0 spiro atoms. The van der Waals surface area contributed by atoms with Gasteiger partial charge in [-0.25, -0.2) is 5.01 Å². The maximum Gasteiger partial charge on any atom is 0.137 e. The van der Waals surface area contributed by atoms with E-state index in [9.17, 15) is 4.79 Å². The molecule has 1 heterocycles. The van der Waals surface area contributed by atoms with Crippen LogP contribution in [0.3, 0.4) is 0 Å². The van der Waals surface area contributed by atoms with Gasteiger partial charge < -0.3 is 0 Å².